The summed E-state index contributed by atoms with van der Waals surface area (Å²) in [5.74, 6) is -6.84. The first-order chi connectivity index (χ1) is 14.0. The van der Waals surface area contributed by atoms with Crippen molar-refractivity contribution in [2.45, 2.75) is 33.6 Å². The van der Waals surface area contributed by atoms with Crippen LogP contribution in [0.3, 0.4) is 0 Å². The number of allylic oxidation sites excluding steroid dienone is 4. The first-order valence-corrected chi connectivity index (χ1v) is 9.36. The highest BCUT2D eigenvalue weighted by atomic mass is 19.2. The van der Waals surface area contributed by atoms with Crippen LogP contribution in [0.1, 0.15) is 33.6 Å². The lowest BCUT2D eigenvalue weighted by atomic mass is 9.92. The molecule has 3 nitrogen and oxygen atoms in total. The fourth-order valence-electron chi connectivity index (χ4n) is 2.23. The summed E-state index contributed by atoms with van der Waals surface area (Å²) in [6.07, 6.45) is 2.79. The zero-order valence-corrected chi connectivity index (χ0v) is 17.9. The molecule has 0 saturated carbocycles. The Bertz CT molecular complexity index is 772. The summed E-state index contributed by atoms with van der Waals surface area (Å²) in [5.41, 5.74) is -0.00883. The van der Waals surface area contributed by atoms with Gasteiger partial charge in [0.25, 0.3) is 0 Å². The van der Waals surface area contributed by atoms with Crippen LogP contribution in [0.5, 0.6) is 11.5 Å². The summed E-state index contributed by atoms with van der Waals surface area (Å²) in [6.45, 7) is 15.7. The standard InChI is InChI=1S/C20H24F4O3.C3H6/c1-11(10-27-16-9-8-15(25)19(23)20(16)24)6-7-12(2)13(3)17(21)18(22)14(4)26-5;1-3-2/h8-9,11-12,25H,3-4,6-7,10H2,1-2,5H3;3H,1H2,2H3/b18-17-;. The highest BCUT2D eigenvalue weighted by molar-refractivity contribution is 5.34. The lowest BCUT2D eigenvalue weighted by Gasteiger charge is -2.18. The van der Waals surface area contributed by atoms with Crippen molar-refractivity contribution < 1.29 is 32.1 Å². The van der Waals surface area contributed by atoms with Gasteiger partial charge < -0.3 is 14.6 Å². The maximum Gasteiger partial charge on any atom is 0.204 e. The molecule has 1 N–H and O–H groups in total. The molecule has 1 aromatic rings. The Morgan fingerprint density at radius 2 is 1.67 bits per heavy atom. The Morgan fingerprint density at radius 1 is 1.10 bits per heavy atom. The molecule has 0 aliphatic rings. The molecule has 7 heteroatoms. The van der Waals surface area contributed by atoms with E-state index < -0.39 is 34.8 Å². The summed E-state index contributed by atoms with van der Waals surface area (Å²) in [5, 5.41) is 9.08. The van der Waals surface area contributed by atoms with Crippen molar-refractivity contribution in [3.8, 4) is 11.5 Å². The van der Waals surface area contributed by atoms with Gasteiger partial charge in [-0.05, 0) is 49.3 Å². The van der Waals surface area contributed by atoms with Gasteiger partial charge in [-0.3, -0.25) is 0 Å². The van der Waals surface area contributed by atoms with E-state index in [9.17, 15) is 17.6 Å². The number of aromatic hydroxyl groups is 1. The Balaban J connectivity index is 0.00000263. The number of rotatable bonds is 10. The summed E-state index contributed by atoms with van der Waals surface area (Å²) in [4.78, 5) is 0. The molecule has 1 aromatic carbocycles. The smallest absolute Gasteiger partial charge is 0.204 e. The molecule has 30 heavy (non-hydrogen) atoms. The number of benzene rings is 1. The van der Waals surface area contributed by atoms with Gasteiger partial charge in [-0.2, -0.15) is 13.2 Å². The molecule has 2 unspecified atom stereocenters. The molecular formula is C23H30F4O3. The average molecular weight is 430 g/mol. The second-order valence-corrected chi connectivity index (χ2v) is 6.79. The monoisotopic (exact) mass is 430 g/mol. The number of phenolic OH excluding ortho intramolecular Hbond substituents is 1. The van der Waals surface area contributed by atoms with Crippen LogP contribution in [-0.4, -0.2) is 18.8 Å². The second-order valence-electron chi connectivity index (χ2n) is 6.79. The number of phenols is 1. The summed E-state index contributed by atoms with van der Waals surface area (Å²) in [7, 11) is 1.19. The van der Waals surface area contributed by atoms with Gasteiger partial charge in [0.05, 0.1) is 13.7 Å². The summed E-state index contributed by atoms with van der Waals surface area (Å²) >= 11 is 0. The predicted octanol–water partition coefficient (Wildman–Crippen LogP) is 7.16. The third kappa shape index (κ3) is 8.35. The molecule has 0 spiro atoms. The fraction of sp³-hybridized carbons (Fsp3) is 0.391. The van der Waals surface area contributed by atoms with Crippen LogP contribution in [0.2, 0.25) is 0 Å². The number of methoxy groups -OCH3 is 1. The van der Waals surface area contributed by atoms with E-state index in [0.29, 0.717) is 12.8 Å². The maximum absolute atomic E-state index is 14.0. The fourth-order valence-corrected chi connectivity index (χ4v) is 2.23. The number of ether oxygens (including phenoxy) is 2. The molecule has 0 saturated heterocycles. The van der Waals surface area contributed by atoms with E-state index in [-0.39, 0.29) is 29.8 Å². The van der Waals surface area contributed by atoms with Gasteiger partial charge in [0.15, 0.2) is 23.2 Å². The van der Waals surface area contributed by atoms with Gasteiger partial charge in [0.1, 0.15) is 5.76 Å². The molecule has 0 bridgehead atoms. The first-order valence-electron chi connectivity index (χ1n) is 9.36. The van der Waals surface area contributed by atoms with E-state index in [1.165, 1.54) is 7.11 Å². The zero-order chi connectivity index (χ0) is 23.4. The lowest BCUT2D eigenvalue weighted by molar-refractivity contribution is 0.232. The Hall–Kier alpha value is -2.70. The van der Waals surface area contributed by atoms with Crippen molar-refractivity contribution >= 4 is 0 Å². The van der Waals surface area contributed by atoms with Gasteiger partial charge in [-0.1, -0.05) is 33.1 Å². The van der Waals surface area contributed by atoms with Crippen LogP contribution in [0.25, 0.3) is 0 Å². The lowest BCUT2D eigenvalue weighted by Crippen LogP contribution is -2.12. The summed E-state index contributed by atoms with van der Waals surface area (Å²) < 4.78 is 64.5. The third-order valence-corrected chi connectivity index (χ3v) is 4.20. The largest absolute Gasteiger partial charge is 0.505 e. The van der Waals surface area contributed by atoms with E-state index in [4.69, 9.17) is 9.84 Å². The molecule has 0 aromatic heterocycles. The quantitative estimate of drug-likeness (QED) is 0.185. The minimum Gasteiger partial charge on any atom is -0.505 e. The molecule has 2 atom stereocenters. The molecule has 168 valence electrons. The number of halogens is 4. The minimum absolute atomic E-state index is 0.00883. The van der Waals surface area contributed by atoms with Gasteiger partial charge >= 0.3 is 0 Å². The van der Waals surface area contributed by atoms with Crippen molar-refractivity contribution in [2.24, 2.45) is 11.8 Å². The van der Waals surface area contributed by atoms with Crippen LogP contribution >= 0.6 is 0 Å². The molecular weight excluding hydrogens is 400 g/mol. The maximum atomic E-state index is 14.0. The zero-order valence-electron chi connectivity index (χ0n) is 17.9. The van der Waals surface area contributed by atoms with Crippen molar-refractivity contribution in [3.05, 3.63) is 72.6 Å². The van der Waals surface area contributed by atoms with Crippen molar-refractivity contribution in [3.63, 3.8) is 0 Å². The highest BCUT2D eigenvalue weighted by Gasteiger charge is 2.20. The molecule has 0 heterocycles. The van der Waals surface area contributed by atoms with Crippen molar-refractivity contribution in [1.82, 2.24) is 0 Å². The Labute approximate surface area is 176 Å². The Morgan fingerprint density at radius 3 is 2.20 bits per heavy atom. The van der Waals surface area contributed by atoms with Crippen molar-refractivity contribution in [1.29, 1.82) is 0 Å². The molecule has 0 radical (unpaired) electrons. The molecule has 1 rings (SSSR count). The van der Waals surface area contributed by atoms with E-state index in [1.807, 2.05) is 13.8 Å². The van der Waals surface area contributed by atoms with E-state index >= 15 is 0 Å². The number of hydrogen-bond donors (Lipinski definition) is 1. The van der Waals surface area contributed by atoms with Gasteiger partial charge in [0, 0.05) is 0 Å². The molecule has 0 aliphatic heterocycles. The predicted molar refractivity (Wildman–Crippen MR) is 111 cm³/mol. The molecule has 0 amide bonds. The van der Waals surface area contributed by atoms with E-state index in [0.717, 1.165) is 12.1 Å². The van der Waals surface area contributed by atoms with Crippen LogP contribution < -0.4 is 4.74 Å². The van der Waals surface area contributed by atoms with Gasteiger partial charge in [-0.15, -0.1) is 6.58 Å². The normalized spacial score (nSPS) is 13.2. The van der Waals surface area contributed by atoms with Crippen molar-refractivity contribution in [2.75, 3.05) is 13.7 Å². The van der Waals surface area contributed by atoms with Gasteiger partial charge in [-0.25, -0.2) is 4.39 Å². The van der Waals surface area contributed by atoms with Crippen LogP contribution in [0.15, 0.2) is 60.9 Å². The number of hydrogen-bond acceptors (Lipinski definition) is 3. The average Bonchev–Trinajstić information content (AvgIpc) is 2.73. The minimum atomic E-state index is -1.37. The molecule has 0 aliphatic carbocycles. The second kappa shape index (κ2) is 13.5. The van der Waals surface area contributed by atoms with Gasteiger partial charge in [0.2, 0.25) is 11.6 Å². The van der Waals surface area contributed by atoms with Crippen LogP contribution in [-0.2, 0) is 4.74 Å². The third-order valence-electron chi connectivity index (χ3n) is 4.20. The topological polar surface area (TPSA) is 38.7 Å². The van der Waals surface area contributed by atoms with Crippen LogP contribution in [0, 0.1) is 23.5 Å². The SMILES string of the molecule is C=C(OC)/C(F)=C(/F)C(=C)C(C)CCC(C)COc1ccc(O)c(F)c1F.C=CC. The van der Waals surface area contributed by atoms with E-state index in [2.05, 4.69) is 24.5 Å². The van der Waals surface area contributed by atoms with E-state index in [1.54, 1.807) is 13.0 Å². The summed E-state index contributed by atoms with van der Waals surface area (Å²) in [6, 6.07) is 2.14. The molecule has 0 fully saturated rings. The first kappa shape index (κ1) is 27.3. The Kier molecular flexibility index (Phi) is 12.3. The van der Waals surface area contributed by atoms with Crippen LogP contribution in [0.4, 0.5) is 17.6 Å². The highest BCUT2D eigenvalue weighted by Crippen LogP contribution is 2.30.